The fourth-order valence-corrected chi connectivity index (χ4v) is 2.51. The van der Waals surface area contributed by atoms with Gasteiger partial charge in [-0.3, -0.25) is 9.78 Å². The number of amides is 1. The summed E-state index contributed by atoms with van der Waals surface area (Å²) in [7, 11) is 3.18. The van der Waals surface area contributed by atoms with Crippen LogP contribution in [0.15, 0.2) is 30.3 Å². The lowest BCUT2D eigenvalue weighted by atomic mass is 10.1. The fourth-order valence-electron chi connectivity index (χ4n) is 2.51. The average molecular weight is 326 g/mol. The van der Waals surface area contributed by atoms with E-state index in [4.69, 9.17) is 9.47 Å². The minimum absolute atomic E-state index is 0.225. The molecule has 24 heavy (non-hydrogen) atoms. The summed E-state index contributed by atoms with van der Waals surface area (Å²) < 4.78 is 10.5. The molecule has 2 rings (SSSR count). The predicted octanol–water partition coefficient (Wildman–Crippen LogP) is 3.68. The lowest BCUT2D eigenvalue weighted by molar-refractivity contribution is -0.111. The van der Waals surface area contributed by atoms with E-state index in [9.17, 15) is 4.79 Å². The monoisotopic (exact) mass is 326 g/mol. The predicted molar refractivity (Wildman–Crippen MR) is 95.7 cm³/mol. The molecule has 0 spiro atoms. The maximum atomic E-state index is 12.2. The number of carbonyl (C=O) groups excluding carboxylic acids is 1. The zero-order valence-corrected chi connectivity index (χ0v) is 14.6. The Morgan fingerprint density at radius 3 is 2.50 bits per heavy atom. The van der Waals surface area contributed by atoms with E-state index in [1.807, 2.05) is 32.9 Å². The van der Waals surface area contributed by atoms with Gasteiger partial charge in [-0.2, -0.15) is 0 Å². The van der Waals surface area contributed by atoms with Crippen molar-refractivity contribution < 1.29 is 14.3 Å². The van der Waals surface area contributed by atoms with Crippen LogP contribution >= 0.6 is 0 Å². The Bertz CT molecular complexity index is 759. The zero-order valence-electron chi connectivity index (χ0n) is 14.6. The van der Waals surface area contributed by atoms with Gasteiger partial charge in [0, 0.05) is 17.3 Å². The van der Waals surface area contributed by atoms with Crippen LogP contribution in [0, 0.1) is 20.8 Å². The number of hydrogen-bond donors (Lipinski definition) is 1. The van der Waals surface area contributed by atoms with Gasteiger partial charge >= 0.3 is 0 Å². The summed E-state index contributed by atoms with van der Waals surface area (Å²) in [4.78, 5) is 16.6. The lowest BCUT2D eigenvalue weighted by Crippen LogP contribution is -2.11. The molecule has 5 heteroatoms. The van der Waals surface area contributed by atoms with Crippen LogP contribution in [0.1, 0.15) is 22.5 Å². The maximum absolute atomic E-state index is 12.2. The third kappa shape index (κ3) is 4.13. The molecular weight excluding hydrogens is 304 g/mol. The van der Waals surface area contributed by atoms with Crippen LogP contribution in [0.4, 0.5) is 5.69 Å². The first-order chi connectivity index (χ1) is 11.4. The molecule has 0 fully saturated rings. The summed E-state index contributed by atoms with van der Waals surface area (Å²) in [5, 5.41) is 2.88. The van der Waals surface area contributed by atoms with Crippen LogP contribution < -0.4 is 14.8 Å². The first kappa shape index (κ1) is 17.5. The molecule has 0 unspecified atom stereocenters. The second-order valence-electron chi connectivity index (χ2n) is 5.47. The number of nitrogens with one attached hydrogen (secondary N) is 1. The summed E-state index contributed by atoms with van der Waals surface area (Å²) in [5.74, 6) is 1.14. The molecule has 0 radical (unpaired) electrons. The van der Waals surface area contributed by atoms with E-state index in [1.54, 1.807) is 32.4 Å². The number of anilines is 1. The molecule has 0 saturated heterocycles. The number of benzene rings is 1. The first-order valence-electron chi connectivity index (χ1n) is 7.60. The molecule has 0 aliphatic heterocycles. The summed E-state index contributed by atoms with van der Waals surface area (Å²) in [5.41, 5.74) is 4.23. The van der Waals surface area contributed by atoms with E-state index < -0.39 is 0 Å². The Morgan fingerprint density at radius 2 is 1.88 bits per heavy atom. The number of pyridine rings is 1. The van der Waals surface area contributed by atoms with E-state index in [0.29, 0.717) is 11.5 Å². The molecule has 0 aliphatic rings. The summed E-state index contributed by atoms with van der Waals surface area (Å²) in [6, 6.07) is 7.36. The molecule has 0 atom stereocenters. The number of ether oxygens (including phenoxy) is 2. The summed E-state index contributed by atoms with van der Waals surface area (Å²) in [6.07, 6.45) is 3.17. The highest BCUT2D eigenvalue weighted by Crippen LogP contribution is 2.25. The van der Waals surface area contributed by atoms with Crippen molar-refractivity contribution in [1.82, 2.24) is 4.98 Å². The van der Waals surface area contributed by atoms with Gasteiger partial charge in [-0.1, -0.05) is 0 Å². The second kappa shape index (κ2) is 7.64. The molecule has 1 N–H and O–H groups in total. The SMILES string of the molecule is COc1ccc(OC)c(/C=C/C(=O)Nc2c(C)cc(C)nc2C)c1. The molecule has 2 aromatic rings. The minimum Gasteiger partial charge on any atom is -0.497 e. The van der Waals surface area contributed by atoms with Crippen molar-refractivity contribution in [3.63, 3.8) is 0 Å². The number of carbonyl (C=O) groups is 1. The standard InChI is InChI=1S/C19H22N2O3/c1-12-10-13(2)20-14(3)19(12)21-18(22)9-6-15-11-16(23-4)7-8-17(15)24-5/h6-11H,1-5H3,(H,21,22)/b9-6+. The van der Waals surface area contributed by atoms with Crippen molar-refractivity contribution in [1.29, 1.82) is 0 Å². The highest BCUT2D eigenvalue weighted by Gasteiger charge is 2.08. The minimum atomic E-state index is -0.225. The van der Waals surface area contributed by atoms with Crippen LogP contribution in [0.5, 0.6) is 11.5 Å². The van der Waals surface area contributed by atoms with Crippen molar-refractivity contribution in [2.75, 3.05) is 19.5 Å². The van der Waals surface area contributed by atoms with Gasteiger partial charge in [-0.15, -0.1) is 0 Å². The van der Waals surface area contributed by atoms with E-state index in [0.717, 1.165) is 28.2 Å². The van der Waals surface area contributed by atoms with Crippen molar-refractivity contribution in [2.24, 2.45) is 0 Å². The van der Waals surface area contributed by atoms with Crippen LogP contribution in [-0.4, -0.2) is 25.1 Å². The van der Waals surface area contributed by atoms with Gasteiger partial charge in [0.15, 0.2) is 0 Å². The number of aryl methyl sites for hydroxylation is 3. The Morgan fingerprint density at radius 1 is 1.12 bits per heavy atom. The molecule has 0 aliphatic carbocycles. The molecule has 0 bridgehead atoms. The van der Waals surface area contributed by atoms with Gasteiger partial charge in [-0.25, -0.2) is 0 Å². The van der Waals surface area contributed by atoms with Crippen LogP contribution in [0.25, 0.3) is 6.08 Å². The second-order valence-corrected chi connectivity index (χ2v) is 5.47. The highest BCUT2D eigenvalue weighted by atomic mass is 16.5. The molecule has 1 heterocycles. The van der Waals surface area contributed by atoms with Gasteiger partial charge in [-0.05, 0) is 56.7 Å². The van der Waals surface area contributed by atoms with Crippen molar-refractivity contribution >= 4 is 17.7 Å². The third-order valence-electron chi connectivity index (χ3n) is 3.62. The Hall–Kier alpha value is -2.82. The molecule has 1 aromatic heterocycles. The Labute approximate surface area is 142 Å². The fraction of sp³-hybridized carbons (Fsp3) is 0.263. The van der Waals surface area contributed by atoms with Crippen LogP contribution in [0.2, 0.25) is 0 Å². The van der Waals surface area contributed by atoms with Crippen molar-refractivity contribution in [3.8, 4) is 11.5 Å². The molecule has 1 aromatic carbocycles. The van der Waals surface area contributed by atoms with Gasteiger partial charge < -0.3 is 14.8 Å². The molecular formula is C19H22N2O3. The molecule has 126 valence electrons. The average Bonchev–Trinajstić information content (AvgIpc) is 2.55. The number of nitrogens with zero attached hydrogens (tertiary/aromatic N) is 1. The molecule has 5 nitrogen and oxygen atoms in total. The third-order valence-corrected chi connectivity index (χ3v) is 3.62. The number of hydrogen-bond acceptors (Lipinski definition) is 4. The van der Waals surface area contributed by atoms with Gasteiger partial charge in [0.1, 0.15) is 11.5 Å². The highest BCUT2D eigenvalue weighted by molar-refractivity contribution is 6.02. The summed E-state index contributed by atoms with van der Waals surface area (Å²) >= 11 is 0. The quantitative estimate of drug-likeness (QED) is 0.852. The number of rotatable bonds is 5. The Kier molecular flexibility index (Phi) is 5.58. The summed E-state index contributed by atoms with van der Waals surface area (Å²) in [6.45, 7) is 5.76. The maximum Gasteiger partial charge on any atom is 0.248 e. The van der Waals surface area contributed by atoms with E-state index in [1.165, 1.54) is 6.08 Å². The number of methoxy groups -OCH3 is 2. The van der Waals surface area contributed by atoms with Gasteiger partial charge in [0.2, 0.25) is 5.91 Å². The first-order valence-corrected chi connectivity index (χ1v) is 7.60. The van der Waals surface area contributed by atoms with Crippen LogP contribution in [-0.2, 0) is 4.79 Å². The molecule has 1 amide bonds. The van der Waals surface area contributed by atoms with Crippen molar-refractivity contribution in [3.05, 3.63) is 52.9 Å². The van der Waals surface area contributed by atoms with Gasteiger partial charge in [0.25, 0.3) is 0 Å². The smallest absolute Gasteiger partial charge is 0.248 e. The zero-order chi connectivity index (χ0) is 17.7. The van der Waals surface area contributed by atoms with E-state index >= 15 is 0 Å². The lowest BCUT2D eigenvalue weighted by Gasteiger charge is -2.11. The molecule has 0 saturated carbocycles. The van der Waals surface area contributed by atoms with Gasteiger partial charge in [0.05, 0.1) is 25.6 Å². The topological polar surface area (TPSA) is 60.5 Å². The van der Waals surface area contributed by atoms with E-state index in [2.05, 4.69) is 10.3 Å². The number of aromatic nitrogens is 1. The van der Waals surface area contributed by atoms with E-state index in [-0.39, 0.29) is 5.91 Å². The van der Waals surface area contributed by atoms with Crippen LogP contribution in [0.3, 0.4) is 0 Å². The normalized spacial score (nSPS) is 10.7. The Balaban J connectivity index is 2.20. The largest absolute Gasteiger partial charge is 0.497 e. The van der Waals surface area contributed by atoms with Crippen molar-refractivity contribution in [2.45, 2.75) is 20.8 Å².